The van der Waals surface area contributed by atoms with Crippen LogP contribution >= 0.6 is 0 Å². The van der Waals surface area contributed by atoms with E-state index in [4.69, 9.17) is 14.8 Å². The number of hydroxylamine groups is 2. The molecule has 0 spiro atoms. The van der Waals surface area contributed by atoms with E-state index in [1.54, 1.807) is 24.9 Å². The third-order valence-corrected chi connectivity index (χ3v) is 3.96. The molecule has 1 heterocycles. The summed E-state index contributed by atoms with van der Waals surface area (Å²) in [6.45, 7) is 2.27. The first-order chi connectivity index (χ1) is 13.0. The normalized spacial score (nSPS) is 10.5. The predicted octanol–water partition coefficient (Wildman–Crippen LogP) is 2.67. The lowest BCUT2D eigenvalue weighted by Gasteiger charge is -2.12. The quantitative estimate of drug-likeness (QED) is 0.303. The maximum absolute atomic E-state index is 12.1. The molecule has 0 saturated carbocycles. The predicted molar refractivity (Wildman–Crippen MR) is 99.5 cm³/mol. The third kappa shape index (κ3) is 6.08. The zero-order chi connectivity index (χ0) is 19.6. The van der Waals surface area contributed by atoms with Crippen LogP contribution in [-0.2, 0) is 9.63 Å². The Morgan fingerprint density at radius 1 is 1.22 bits per heavy atom. The number of pyridine rings is 1. The number of ether oxygens (including phenoxy) is 1. The Morgan fingerprint density at radius 2 is 2.04 bits per heavy atom. The molecule has 27 heavy (non-hydrogen) atoms. The monoisotopic (exact) mass is 376 g/mol. The second kappa shape index (κ2) is 10.3. The van der Waals surface area contributed by atoms with E-state index in [9.17, 15) is 9.59 Å². The van der Waals surface area contributed by atoms with Crippen molar-refractivity contribution in [1.82, 2.24) is 15.9 Å². The summed E-state index contributed by atoms with van der Waals surface area (Å²) in [7, 11) is 1.56. The van der Waals surface area contributed by atoms with Crippen molar-refractivity contribution >= 4 is 28.5 Å². The molecule has 0 aliphatic carbocycles. The maximum atomic E-state index is 12.1. The number of aryl methyl sites for hydroxylation is 1. The van der Waals surface area contributed by atoms with Crippen LogP contribution in [0.1, 0.15) is 31.2 Å². The van der Waals surface area contributed by atoms with Crippen LogP contribution in [0.25, 0.3) is 10.9 Å². The molecule has 0 unspecified atom stereocenters. The minimum atomic E-state index is -0.521. The topological polar surface area (TPSA) is 122 Å². The summed E-state index contributed by atoms with van der Waals surface area (Å²) in [6.07, 6.45) is 3.96. The Hall–Kier alpha value is -2.91. The number of carbonyl (C=O) groups excluding carboxylic acids is 2. The molecule has 0 fully saturated rings. The number of rotatable bonds is 9. The van der Waals surface area contributed by atoms with Gasteiger partial charge in [-0.1, -0.05) is 6.42 Å². The average molecular weight is 376 g/mol. The van der Waals surface area contributed by atoms with E-state index in [2.05, 4.69) is 15.8 Å². The van der Waals surface area contributed by atoms with Crippen molar-refractivity contribution in [3.63, 3.8) is 0 Å². The highest BCUT2D eigenvalue weighted by molar-refractivity contribution is 6.01. The molecule has 1 aromatic carbocycles. The first kappa shape index (κ1) is 20.4. The first-order valence-electron chi connectivity index (χ1n) is 8.60. The second-order valence-electron chi connectivity index (χ2n) is 5.95. The molecule has 2 rings (SSSR count). The number of unbranched alkanes of at least 4 members (excludes halogenated alkanes) is 2. The van der Waals surface area contributed by atoms with Crippen LogP contribution in [-0.4, -0.2) is 35.8 Å². The van der Waals surface area contributed by atoms with Gasteiger partial charge >= 0.3 is 6.03 Å². The number of carbonyl (C=O) groups is 2. The molecule has 3 amide bonds. The van der Waals surface area contributed by atoms with Crippen molar-refractivity contribution < 1.29 is 24.4 Å². The van der Waals surface area contributed by atoms with Crippen molar-refractivity contribution in [2.24, 2.45) is 0 Å². The van der Waals surface area contributed by atoms with Crippen molar-refractivity contribution in [2.75, 3.05) is 19.0 Å². The molecule has 0 aliphatic rings. The average Bonchev–Trinajstić information content (AvgIpc) is 2.67. The van der Waals surface area contributed by atoms with E-state index in [1.807, 2.05) is 19.1 Å². The van der Waals surface area contributed by atoms with Crippen LogP contribution in [0.4, 0.5) is 10.5 Å². The molecule has 4 N–H and O–H groups in total. The van der Waals surface area contributed by atoms with Crippen molar-refractivity contribution in [3.8, 4) is 5.75 Å². The summed E-state index contributed by atoms with van der Waals surface area (Å²) in [4.78, 5) is 32.4. The number of urea groups is 1. The van der Waals surface area contributed by atoms with Crippen LogP contribution in [0.3, 0.4) is 0 Å². The number of hydrogen-bond donors (Lipinski definition) is 4. The van der Waals surface area contributed by atoms with Crippen molar-refractivity contribution in [1.29, 1.82) is 0 Å². The van der Waals surface area contributed by atoms with Crippen LogP contribution in [0, 0.1) is 6.92 Å². The summed E-state index contributed by atoms with van der Waals surface area (Å²) in [5, 5.41) is 12.0. The highest BCUT2D eigenvalue weighted by Crippen LogP contribution is 2.29. The molecule has 9 nitrogen and oxygen atoms in total. The number of nitrogens with zero attached hydrogens (tertiary/aromatic N) is 1. The molecule has 0 aliphatic heterocycles. The fraction of sp³-hybridized carbons (Fsp3) is 0.389. The van der Waals surface area contributed by atoms with Crippen LogP contribution in [0.5, 0.6) is 5.75 Å². The van der Waals surface area contributed by atoms with E-state index in [0.717, 1.165) is 17.4 Å². The standard InChI is InChI=1S/C18H24N4O5/c1-12-7-8-19-17-14(12)10-13(26-2)11-15(17)20-18(24)22-27-9-5-3-4-6-16(23)21-25/h7-8,10-11,25H,3-6,9H2,1-2H3,(H,21,23)(H2,20,22,24). The lowest BCUT2D eigenvalue weighted by atomic mass is 10.1. The molecular weight excluding hydrogens is 352 g/mol. The zero-order valence-corrected chi connectivity index (χ0v) is 15.4. The molecule has 0 bridgehead atoms. The molecule has 0 radical (unpaired) electrons. The van der Waals surface area contributed by atoms with Gasteiger partial charge in [-0.25, -0.2) is 15.8 Å². The van der Waals surface area contributed by atoms with E-state index in [0.29, 0.717) is 36.4 Å². The molecule has 146 valence electrons. The smallest absolute Gasteiger partial charge is 0.343 e. The Balaban J connectivity index is 1.84. The summed E-state index contributed by atoms with van der Waals surface area (Å²) in [6, 6.07) is 4.93. The minimum Gasteiger partial charge on any atom is -0.497 e. The van der Waals surface area contributed by atoms with E-state index in [-0.39, 0.29) is 6.42 Å². The Morgan fingerprint density at radius 3 is 2.78 bits per heavy atom. The number of anilines is 1. The molecule has 0 atom stereocenters. The minimum absolute atomic E-state index is 0.250. The lowest BCUT2D eigenvalue weighted by Crippen LogP contribution is -2.29. The van der Waals surface area contributed by atoms with Gasteiger partial charge in [-0.2, -0.15) is 0 Å². The molecule has 0 saturated heterocycles. The van der Waals surface area contributed by atoms with Gasteiger partial charge in [0.15, 0.2) is 0 Å². The van der Waals surface area contributed by atoms with Gasteiger partial charge in [-0.05, 0) is 37.5 Å². The van der Waals surface area contributed by atoms with Gasteiger partial charge in [0.2, 0.25) is 5.91 Å². The number of amides is 3. The maximum Gasteiger partial charge on any atom is 0.343 e. The SMILES string of the molecule is COc1cc(NC(=O)NOCCCCCC(=O)NO)c2nccc(C)c2c1. The summed E-state index contributed by atoms with van der Waals surface area (Å²) < 4.78 is 5.29. The summed E-state index contributed by atoms with van der Waals surface area (Å²) >= 11 is 0. The van der Waals surface area contributed by atoms with E-state index < -0.39 is 11.9 Å². The highest BCUT2D eigenvalue weighted by Gasteiger charge is 2.11. The number of hydrogen-bond acceptors (Lipinski definition) is 6. The molecule has 2 aromatic rings. The van der Waals surface area contributed by atoms with Gasteiger partial charge < -0.3 is 10.1 Å². The van der Waals surface area contributed by atoms with Crippen molar-refractivity contribution in [2.45, 2.75) is 32.6 Å². The van der Waals surface area contributed by atoms with Gasteiger partial charge in [0.05, 0.1) is 24.9 Å². The fourth-order valence-electron chi connectivity index (χ4n) is 2.53. The summed E-state index contributed by atoms with van der Waals surface area (Å²) in [5.41, 5.74) is 6.10. The number of benzene rings is 1. The van der Waals surface area contributed by atoms with E-state index >= 15 is 0 Å². The third-order valence-electron chi connectivity index (χ3n) is 3.96. The molecule has 9 heteroatoms. The number of aromatic nitrogens is 1. The van der Waals surface area contributed by atoms with Gasteiger partial charge in [-0.15, -0.1) is 0 Å². The fourth-order valence-corrected chi connectivity index (χ4v) is 2.53. The number of fused-ring (bicyclic) bond motifs is 1. The Labute approximate surface area is 157 Å². The van der Waals surface area contributed by atoms with E-state index in [1.165, 1.54) is 0 Å². The molecule has 1 aromatic heterocycles. The van der Waals surface area contributed by atoms with Gasteiger partial charge in [0.1, 0.15) is 5.75 Å². The van der Waals surface area contributed by atoms with Gasteiger partial charge in [-0.3, -0.25) is 19.8 Å². The highest BCUT2D eigenvalue weighted by atomic mass is 16.7. The van der Waals surface area contributed by atoms with Crippen LogP contribution in [0.15, 0.2) is 24.4 Å². The Bertz CT molecular complexity index is 797. The number of methoxy groups -OCH3 is 1. The van der Waals surface area contributed by atoms with Crippen LogP contribution in [0.2, 0.25) is 0 Å². The van der Waals surface area contributed by atoms with Gasteiger partial charge in [0, 0.05) is 24.1 Å². The van der Waals surface area contributed by atoms with Crippen molar-refractivity contribution in [3.05, 3.63) is 30.0 Å². The Kier molecular flexibility index (Phi) is 7.78. The van der Waals surface area contributed by atoms with Gasteiger partial charge in [0.25, 0.3) is 0 Å². The molecular formula is C18H24N4O5. The van der Waals surface area contributed by atoms with Crippen LogP contribution < -0.4 is 21.0 Å². The first-order valence-corrected chi connectivity index (χ1v) is 8.60. The second-order valence-corrected chi connectivity index (χ2v) is 5.95. The zero-order valence-electron chi connectivity index (χ0n) is 15.4. The summed E-state index contributed by atoms with van der Waals surface area (Å²) in [5.74, 6) is 0.199. The largest absolute Gasteiger partial charge is 0.497 e. The lowest BCUT2D eigenvalue weighted by molar-refractivity contribution is -0.129. The number of nitrogens with one attached hydrogen (secondary N) is 3.